The molecule has 190 valence electrons. The molecule has 10 heteroatoms. The van der Waals surface area contributed by atoms with Gasteiger partial charge in [-0.05, 0) is 88.7 Å². The van der Waals surface area contributed by atoms with Gasteiger partial charge in [-0.1, -0.05) is 23.2 Å². The fraction of sp³-hybridized carbons (Fsp3) is 0.269. The smallest absolute Gasteiger partial charge is 0.341 e. The van der Waals surface area contributed by atoms with Crippen molar-refractivity contribution in [2.24, 2.45) is 0 Å². The average molecular weight is 549 g/mol. The molecular weight excluding hydrogens is 523 g/mol. The molecule has 3 aromatic rings. The third-order valence-corrected chi connectivity index (χ3v) is 6.67. The van der Waals surface area contributed by atoms with E-state index in [0.717, 1.165) is 11.3 Å². The van der Waals surface area contributed by atoms with Crippen LogP contribution >= 0.6 is 34.5 Å². The van der Waals surface area contributed by atoms with Crippen LogP contribution in [0.15, 0.2) is 48.5 Å². The first-order chi connectivity index (χ1) is 16.9. The van der Waals surface area contributed by atoms with Gasteiger partial charge in [-0.15, -0.1) is 11.3 Å². The van der Waals surface area contributed by atoms with Gasteiger partial charge >= 0.3 is 5.97 Å². The normalized spacial score (nSPS) is 11.2. The molecule has 0 aliphatic heterocycles. The molecular formula is C26H26Cl2N2O5S. The minimum atomic E-state index is -1.31. The minimum absolute atomic E-state index is 0.116. The standard InChI is InChI=1S/C26H26Cl2N2O5S/c1-14(2)34-24(32)20-15(3)21(22(31)29-18-10-6-16(27)7-11-18)36-23(20)30-25(33)26(4,5)35-19-12-8-17(28)9-13-19/h6-14H,1-5H3,(H,29,31)(H,30,33). The molecule has 1 heterocycles. The quantitative estimate of drug-likeness (QED) is 0.296. The number of benzene rings is 2. The molecule has 0 saturated carbocycles. The first-order valence-electron chi connectivity index (χ1n) is 11.0. The molecule has 0 saturated heterocycles. The van der Waals surface area contributed by atoms with Crippen molar-refractivity contribution in [2.75, 3.05) is 10.6 Å². The lowest BCUT2D eigenvalue weighted by atomic mass is 10.1. The Morgan fingerprint density at radius 1 is 0.917 bits per heavy atom. The van der Waals surface area contributed by atoms with Gasteiger partial charge < -0.3 is 20.1 Å². The predicted octanol–water partition coefficient (Wildman–Crippen LogP) is 6.98. The lowest BCUT2D eigenvalue weighted by Gasteiger charge is -2.25. The van der Waals surface area contributed by atoms with Gasteiger partial charge in [0.1, 0.15) is 10.8 Å². The van der Waals surface area contributed by atoms with Crippen molar-refractivity contribution in [3.8, 4) is 5.75 Å². The highest BCUT2D eigenvalue weighted by Crippen LogP contribution is 2.35. The van der Waals surface area contributed by atoms with Crippen LogP contribution < -0.4 is 15.4 Å². The van der Waals surface area contributed by atoms with Crippen molar-refractivity contribution in [2.45, 2.75) is 46.3 Å². The lowest BCUT2D eigenvalue weighted by molar-refractivity contribution is -0.128. The molecule has 3 rings (SSSR count). The van der Waals surface area contributed by atoms with Gasteiger partial charge in [0.2, 0.25) is 0 Å². The monoisotopic (exact) mass is 548 g/mol. The lowest BCUT2D eigenvalue weighted by Crippen LogP contribution is -2.42. The molecule has 2 aromatic carbocycles. The summed E-state index contributed by atoms with van der Waals surface area (Å²) in [7, 11) is 0. The van der Waals surface area contributed by atoms with E-state index >= 15 is 0 Å². The van der Waals surface area contributed by atoms with E-state index in [0.29, 0.717) is 27.0 Å². The van der Waals surface area contributed by atoms with E-state index in [1.54, 1.807) is 83.1 Å². The maximum absolute atomic E-state index is 13.2. The zero-order valence-corrected chi connectivity index (χ0v) is 22.7. The number of anilines is 2. The summed E-state index contributed by atoms with van der Waals surface area (Å²) in [6, 6.07) is 13.2. The highest BCUT2D eigenvalue weighted by Gasteiger charge is 2.34. The topological polar surface area (TPSA) is 93.7 Å². The summed E-state index contributed by atoms with van der Waals surface area (Å²) >= 11 is 12.8. The fourth-order valence-corrected chi connectivity index (χ4v) is 4.49. The van der Waals surface area contributed by atoms with Crippen LogP contribution in [0.25, 0.3) is 0 Å². The second-order valence-electron chi connectivity index (χ2n) is 8.70. The second-order valence-corrected chi connectivity index (χ2v) is 10.6. The Morgan fingerprint density at radius 3 is 2.03 bits per heavy atom. The Morgan fingerprint density at radius 2 is 1.47 bits per heavy atom. The molecule has 0 spiro atoms. The van der Waals surface area contributed by atoms with Gasteiger partial charge in [-0.3, -0.25) is 9.59 Å². The van der Waals surface area contributed by atoms with Crippen LogP contribution in [0.4, 0.5) is 10.7 Å². The van der Waals surface area contributed by atoms with Crippen molar-refractivity contribution in [1.29, 1.82) is 0 Å². The number of hydrogen-bond acceptors (Lipinski definition) is 6. The molecule has 0 aliphatic rings. The molecule has 0 bridgehead atoms. The van der Waals surface area contributed by atoms with Crippen LogP contribution in [-0.2, 0) is 9.53 Å². The Labute approximate surface area is 223 Å². The number of halogens is 2. The zero-order chi connectivity index (χ0) is 26.6. The van der Waals surface area contributed by atoms with Crippen molar-refractivity contribution in [1.82, 2.24) is 0 Å². The van der Waals surface area contributed by atoms with Gasteiger partial charge in [0.15, 0.2) is 5.60 Å². The summed E-state index contributed by atoms with van der Waals surface area (Å²) < 4.78 is 11.2. The third-order valence-electron chi connectivity index (χ3n) is 4.96. The number of thiophene rings is 1. The van der Waals surface area contributed by atoms with E-state index in [1.807, 2.05) is 0 Å². The summed E-state index contributed by atoms with van der Waals surface area (Å²) in [6.45, 7) is 8.26. The highest BCUT2D eigenvalue weighted by molar-refractivity contribution is 7.19. The zero-order valence-electron chi connectivity index (χ0n) is 20.4. The molecule has 0 aliphatic carbocycles. The number of nitrogens with one attached hydrogen (secondary N) is 2. The average Bonchev–Trinajstić information content (AvgIpc) is 3.12. The number of amides is 2. The molecule has 2 N–H and O–H groups in total. The van der Waals surface area contributed by atoms with E-state index in [2.05, 4.69) is 10.6 Å². The summed E-state index contributed by atoms with van der Waals surface area (Å²) in [5.41, 5.74) is -0.266. The van der Waals surface area contributed by atoms with Gasteiger partial charge in [-0.2, -0.15) is 0 Å². The molecule has 36 heavy (non-hydrogen) atoms. The summed E-state index contributed by atoms with van der Waals surface area (Å²) in [4.78, 5) is 39.4. The van der Waals surface area contributed by atoms with Gasteiger partial charge in [-0.25, -0.2) is 4.79 Å². The van der Waals surface area contributed by atoms with Crippen molar-refractivity contribution < 1.29 is 23.9 Å². The first kappa shape index (κ1) is 27.5. The third kappa shape index (κ3) is 6.78. The highest BCUT2D eigenvalue weighted by atomic mass is 35.5. The van der Waals surface area contributed by atoms with E-state index in [-0.39, 0.29) is 15.4 Å². The van der Waals surface area contributed by atoms with Crippen LogP contribution in [-0.4, -0.2) is 29.5 Å². The maximum atomic E-state index is 13.2. The van der Waals surface area contributed by atoms with Crippen LogP contribution in [0, 0.1) is 6.92 Å². The van der Waals surface area contributed by atoms with E-state index in [4.69, 9.17) is 32.7 Å². The van der Waals surface area contributed by atoms with Gasteiger partial charge in [0, 0.05) is 15.7 Å². The number of esters is 1. The van der Waals surface area contributed by atoms with E-state index in [1.165, 1.54) is 0 Å². The number of rotatable bonds is 8. The molecule has 7 nitrogen and oxygen atoms in total. The van der Waals surface area contributed by atoms with Crippen LogP contribution in [0.1, 0.15) is 53.3 Å². The molecule has 0 unspecified atom stereocenters. The molecule has 0 radical (unpaired) electrons. The Bertz CT molecular complexity index is 1270. The molecule has 0 atom stereocenters. The summed E-state index contributed by atoms with van der Waals surface area (Å²) in [5.74, 6) is -1.14. The Kier molecular flexibility index (Phi) is 8.66. The largest absolute Gasteiger partial charge is 0.478 e. The summed E-state index contributed by atoms with van der Waals surface area (Å²) in [5, 5.41) is 6.80. The Hall–Kier alpha value is -3.07. The van der Waals surface area contributed by atoms with Crippen LogP contribution in [0.5, 0.6) is 5.75 Å². The van der Waals surface area contributed by atoms with Crippen molar-refractivity contribution in [3.63, 3.8) is 0 Å². The maximum Gasteiger partial charge on any atom is 0.341 e. The predicted molar refractivity (Wildman–Crippen MR) is 144 cm³/mol. The Balaban J connectivity index is 1.90. The number of carbonyl (C=O) groups is 3. The minimum Gasteiger partial charge on any atom is -0.478 e. The van der Waals surface area contributed by atoms with Gasteiger partial charge in [0.25, 0.3) is 11.8 Å². The van der Waals surface area contributed by atoms with Crippen LogP contribution in [0.3, 0.4) is 0 Å². The number of carbonyl (C=O) groups excluding carboxylic acids is 3. The molecule has 1 aromatic heterocycles. The fourth-order valence-electron chi connectivity index (χ4n) is 3.16. The molecule has 0 fully saturated rings. The second kappa shape index (κ2) is 11.3. The van der Waals surface area contributed by atoms with Crippen LogP contribution in [0.2, 0.25) is 10.0 Å². The summed E-state index contributed by atoms with van der Waals surface area (Å²) in [6.07, 6.45) is -0.392. The van der Waals surface area contributed by atoms with E-state index in [9.17, 15) is 14.4 Å². The number of ether oxygens (including phenoxy) is 2. The van der Waals surface area contributed by atoms with Crippen molar-refractivity contribution >= 4 is 63.0 Å². The SMILES string of the molecule is Cc1c(C(=O)Nc2ccc(Cl)cc2)sc(NC(=O)C(C)(C)Oc2ccc(Cl)cc2)c1C(=O)OC(C)C. The number of hydrogen-bond donors (Lipinski definition) is 2. The molecule has 2 amide bonds. The first-order valence-corrected chi connectivity index (χ1v) is 12.6. The van der Waals surface area contributed by atoms with Crippen molar-refractivity contribution in [3.05, 3.63) is 74.6 Å². The van der Waals surface area contributed by atoms with Gasteiger partial charge in [0.05, 0.1) is 16.5 Å². The van der Waals surface area contributed by atoms with E-state index < -0.39 is 29.5 Å².